The van der Waals surface area contributed by atoms with E-state index in [2.05, 4.69) is 68.6 Å². The first-order valence-electron chi connectivity index (χ1n) is 7.34. The zero-order valence-electron chi connectivity index (χ0n) is 13.0. The molecule has 20 heavy (non-hydrogen) atoms. The lowest BCUT2D eigenvalue weighted by atomic mass is 10.0. The molecule has 0 fully saturated rings. The van der Waals surface area contributed by atoms with Crippen LogP contribution in [0.3, 0.4) is 0 Å². The van der Waals surface area contributed by atoms with E-state index in [4.69, 9.17) is 0 Å². The zero-order valence-corrected chi connectivity index (χ0v) is 13.0. The highest BCUT2D eigenvalue weighted by Crippen LogP contribution is 2.14. The Bertz CT molecular complexity index is 535. The summed E-state index contributed by atoms with van der Waals surface area (Å²) in [5.41, 5.74) is 5.15. The summed E-state index contributed by atoms with van der Waals surface area (Å²) in [6.07, 6.45) is 2.07. The Morgan fingerprint density at radius 3 is 2.50 bits per heavy atom. The predicted octanol–water partition coefficient (Wildman–Crippen LogP) is 3.29. The molecule has 0 radical (unpaired) electrons. The quantitative estimate of drug-likeness (QED) is 0.873. The number of aromatic nitrogens is 2. The molecule has 1 heterocycles. The van der Waals surface area contributed by atoms with E-state index in [9.17, 15) is 0 Å². The van der Waals surface area contributed by atoms with Crippen LogP contribution in [-0.4, -0.2) is 16.3 Å². The third-order valence-electron chi connectivity index (χ3n) is 3.52. The van der Waals surface area contributed by atoms with Crippen LogP contribution in [0.25, 0.3) is 0 Å². The molecule has 3 heteroatoms. The minimum absolute atomic E-state index is 0.673. The second-order valence-electron chi connectivity index (χ2n) is 5.90. The standard InChI is InChI=1S/C17H25N3/c1-13(2)10-18-11-16-8-9-20(19-16)12-17-14(3)6-5-7-15(17)4/h5-9,13,18H,10-12H2,1-4H3. The Balaban J connectivity index is 1.99. The van der Waals surface area contributed by atoms with Crippen LogP contribution in [-0.2, 0) is 13.1 Å². The molecule has 0 amide bonds. The number of rotatable bonds is 6. The second kappa shape index (κ2) is 6.71. The minimum atomic E-state index is 0.673. The van der Waals surface area contributed by atoms with E-state index in [-0.39, 0.29) is 0 Å². The molecule has 1 N–H and O–H groups in total. The van der Waals surface area contributed by atoms with Crippen molar-refractivity contribution in [3.05, 3.63) is 52.8 Å². The van der Waals surface area contributed by atoms with Crippen molar-refractivity contribution in [1.29, 1.82) is 0 Å². The number of nitrogens with zero attached hydrogens (tertiary/aromatic N) is 2. The normalized spacial score (nSPS) is 11.2. The number of hydrogen-bond donors (Lipinski definition) is 1. The molecule has 3 nitrogen and oxygen atoms in total. The van der Waals surface area contributed by atoms with E-state index in [1.165, 1.54) is 16.7 Å². The first-order valence-corrected chi connectivity index (χ1v) is 7.34. The van der Waals surface area contributed by atoms with Crippen molar-refractivity contribution >= 4 is 0 Å². The first-order chi connectivity index (χ1) is 9.56. The van der Waals surface area contributed by atoms with Gasteiger partial charge in [0, 0.05) is 12.7 Å². The Morgan fingerprint density at radius 2 is 1.85 bits per heavy atom. The number of benzene rings is 1. The van der Waals surface area contributed by atoms with Gasteiger partial charge in [-0.2, -0.15) is 5.10 Å². The molecule has 1 aromatic heterocycles. The van der Waals surface area contributed by atoms with E-state index in [1.54, 1.807) is 0 Å². The summed E-state index contributed by atoms with van der Waals surface area (Å²) < 4.78 is 2.03. The maximum atomic E-state index is 4.64. The van der Waals surface area contributed by atoms with Crippen molar-refractivity contribution in [2.45, 2.75) is 40.8 Å². The van der Waals surface area contributed by atoms with Crippen LogP contribution in [0.4, 0.5) is 0 Å². The predicted molar refractivity (Wildman–Crippen MR) is 83.8 cm³/mol. The van der Waals surface area contributed by atoms with Gasteiger partial charge in [0.25, 0.3) is 0 Å². The monoisotopic (exact) mass is 271 g/mol. The lowest BCUT2D eigenvalue weighted by Crippen LogP contribution is -2.19. The van der Waals surface area contributed by atoms with Gasteiger partial charge in [-0.15, -0.1) is 0 Å². The van der Waals surface area contributed by atoms with Crippen LogP contribution in [0, 0.1) is 19.8 Å². The zero-order chi connectivity index (χ0) is 14.5. The average molecular weight is 271 g/mol. The number of aryl methyl sites for hydroxylation is 2. The molecule has 0 bridgehead atoms. The molecule has 0 spiro atoms. The maximum Gasteiger partial charge on any atom is 0.0762 e. The van der Waals surface area contributed by atoms with E-state index >= 15 is 0 Å². The molecule has 2 rings (SSSR count). The Labute approximate surface area is 122 Å². The summed E-state index contributed by atoms with van der Waals surface area (Å²) in [6.45, 7) is 11.5. The van der Waals surface area contributed by atoms with Crippen molar-refractivity contribution in [3.63, 3.8) is 0 Å². The SMILES string of the molecule is Cc1cccc(C)c1Cn1ccc(CNCC(C)C)n1. The molecule has 0 aliphatic carbocycles. The van der Waals surface area contributed by atoms with Crippen molar-refractivity contribution in [2.75, 3.05) is 6.54 Å². The van der Waals surface area contributed by atoms with E-state index in [0.717, 1.165) is 25.3 Å². The van der Waals surface area contributed by atoms with Crippen LogP contribution in [0.15, 0.2) is 30.5 Å². The van der Waals surface area contributed by atoms with Gasteiger partial charge in [0.1, 0.15) is 0 Å². The van der Waals surface area contributed by atoms with Gasteiger partial charge in [0.05, 0.1) is 12.2 Å². The molecule has 1 aromatic carbocycles. The van der Waals surface area contributed by atoms with Gasteiger partial charge in [-0.25, -0.2) is 0 Å². The van der Waals surface area contributed by atoms with Crippen LogP contribution in [0.2, 0.25) is 0 Å². The molecule has 0 saturated carbocycles. The fourth-order valence-electron chi connectivity index (χ4n) is 2.34. The van der Waals surface area contributed by atoms with Crippen molar-refractivity contribution in [1.82, 2.24) is 15.1 Å². The third kappa shape index (κ3) is 3.94. The van der Waals surface area contributed by atoms with Crippen LogP contribution >= 0.6 is 0 Å². The van der Waals surface area contributed by atoms with Gasteiger partial charge in [-0.05, 0) is 49.1 Å². The fourth-order valence-corrected chi connectivity index (χ4v) is 2.34. The maximum absolute atomic E-state index is 4.64. The summed E-state index contributed by atoms with van der Waals surface area (Å²) in [7, 11) is 0. The molecule has 0 saturated heterocycles. The topological polar surface area (TPSA) is 29.9 Å². The minimum Gasteiger partial charge on any atom is -0.311 e. The summed E-state index contributed by atoms with van der Waals surface area (Å²) in [5.74, 6) is 0.673. The highest BCUT2D eigenvalue weighted by molar-refractivity contribution is 5.33. The van der Waals surface area contributed by atoms with Crippen molar-refractivity contribution in [3.8, 4) is 0 Å². The van der Waals surface area contributed by atoms with Gasteiger partial charge >= 0.3 is 0 Å². The average Bonchev–Trinajstić information content (AvgIpc) is 2.81. The number of nitrogens with one attached hydrogen (secondary N) is 1. The summed E-state index contributed by atoms with van der Waals surface area (Å²) in [6, 6.07) is 8.54. The van der Waals surface area contributed by atoms with Crippen LogP contribution in [0.5, 0.6) is 0 Å². The smallest absolute Gasteiger partial charge is 0.0762 e. The largest absolute Gasteiger partial charge is 0.311 e. The van der Waals surface area contributed by atoms with Crippen LogP contribution < -0.4 is 5.32 Å². The van der Waals surface area contributed by atoms with Gasteiger partial charge in [0.15, 0.2) is 0 Å². The molecule has 0 atom stereocenters. The van der Waals surface area contributed by atoms with E-state index in [1.807, 2.05) is 4.68 Å². The van der Waals surface area contributed by atoms with Crippen molar-refractivity contribution < 1.29 is 0 Å². The van der Waals surface area contributed by atoms with Gasteiger partial charge in [-0.1, -0.05) is 32.0 Å². The van der Waals surface area contributed by atoms with Crippen molar-refractivity contribution in [2.24, 2.45) is 5.92 Å². The first kappa shape index (κ1) is 14.8. The molecular weight excluding hydrogens is 246 g/mol. The number of hydrogen-bond acceptors (Lipinski definition) is 2. The second-order valence-corrected chi connectivity index (χ2v) is 5.90. The third-order valence-corrected chi connectivity index (χ3v) is 3.52. The lowest BCUT2D eigenvalue weighted by molar-refractivity contribution is 0.543. The molecular formula is C17H25N3. The molecule has 2 aromatic rings. The van der Waals surface area contributed by atoms with E-state index in [0.29, 0.717) is 5.92 Å². The van der Waals surface area contributed by atoms with Gasteiger partial charge < -0.3 is 5.32 Å². The van der Waals surface area contributed by atoms with Crippen LogP contribution in [0.1, 0.15) is 36.2 Å². The lowest BCUT2D eigenvalue weighted by Gasteiger charge is -2.09. The fraction of sp³-hybridized carbons (Fsp3) is 0.471. The summed E-state index contributed by atoms with van der Waals surface area (Å²) >= 11 is 0. The Hall–Kier alpha value is -1.61. The molecule has 0 aliphatic rings. The van der Waals surface area contributed by atoms with Gasteiger partial charge in [0.2, 0.25) is 0 Å². The molecule has 0 aliphatic heterocycles. The molecule has 0 unspecified atom stereocenters. The summed E-state index contributed by atoms with van der Waals surface area (Å²) in [4.78, 5) is 0. The van der Waals surface area contributed by atoms with E-state index < -0.39 is 0 Å². The Kier molecular flexibility index (Phi) is 4.96. The van der Waals surface area contributed by atoms with Gasteiger partial charge in [-0.3, -0.25) is 4.68 Å². The highest BCUT2D eigenvalue weighted by Gasteiger charge is 2.05. The Morgan fingerprint density at radius 1 is 1.15 bits per heavy atom. The summed E-state index contributed by atoms with van der Waals surface area (Å²) in [5, 5.41) is 8.06. The molecule has 108 valence electrons. The highest BCUT2D eigenvalue weighted by atomic mass is 15.3.